The predicted molar refractivity (Wildman–Crippen MR) is 68.7 cm³/mol. The molecule has 1 atom stereocenters. The summed E-state index contributed by atoms with van der Waals surface area (Å²) in [6.45, 7) is 0.769. The molecule has 1 heterocycles. The molecule has 0 saturated heterocycles. The Labute approximate surface area is 107 Å². The third-order valence-corrected chi connectivity index (χ3v) is 3.33. The molecule has 1 N–H and O–H groups in total. The van der Waals surface area contributed by atoms with E-state index in [0.29, 0.717) is 6.42 Å². The summed E-state index contributed by atoms with van der Waals surface area (Å²) in [5.41, 5.74) is 2.46. The average Bonchev–Trinajstić information content (AvgIpc) is 2.86. The molecule has 0 amide bonds. The van der Waals surface area contributed by atoms with Gasteiger partial charge in [0.25, 0.3) is 0 Å². The van der Waals surface area contributed by atoms with Gasteiger partial charge in [0.1, 0.15) is 5.75 Å². The van der Waals surface area contributed by atoms with Crippen molar-refractivity contribution in [2.24, 2.45) is 0 Å². The quantitative estimate of drug-likeness (QED) is 0.809. The molecular weight excluding hydrogens is 230 g/mol. The van der Waals surface area contributed by atoms with Gasteiger partial charge in [-0.2, -0.15) is 0 Å². The lowest BCUT2D eigenvalue weighted by atomic mass is 9.99. The molecule has 4 nitrogen and oxygen atoms in total. The molecule has 1 aromatic carbocycles. The van der Waals surface area contributed by atoms with Crippen LogP contribution in [0.5, 0.6) is 5.75 Å². The monoisotopic (exact) mass is 249 g/mol. The van der Waals surface area contributed by atoms with Crippen molar-refractivity contribution in [2.75, 3.05) is 20.8 Å². The molecule has 18 heavy (non-hydrogen) atoms. The number of fused-ring (bicyclic) bond motifs is 1. The highest BCUT2D eigenvalue weighted by Gasteiger charge is 2.16. The molecule has 0 spiro atoms. The predicted octanol–water partition coefficient (Wildman–Crippen LogP) is 1.84. The molecule has 1 unspecified atom stereocenters. The highest BCUT2D eigenvalue weighted by molar-refractivity contribution is 5.69. The first-order valence-electron chi connectivity index (χ1n) is 6.24. The largest absolute Gasteiger partial charge is 0.493 e. The molecule has 98 valence electrons. The summed E-state index contributed by atoms with van der Waals surface area (Å²) in [7, 11) is 3.33. The number of nitrogens with one attached hydrogen (secondary N) is 1. The third kappa shape index (κ3) is 2.82. The lowest BCUT2D eigenvalue weighted by molar-refractivity contribution is -0.140. The maximum atomic E-state index is 11.2. The molecule has 1 aliphatic heterocycles. The number of hydrogen-bond donors (Lipinski definition) is 1. The Morgan fingerprint density at radius 3 is 3.11 bits per heavy atom. The van der Waals surface area contributed by atoms with E-state index < -0.39 is 0 Å². The van der Waals surface area contributed by atoms with Crippen LogP contribution in [0.3, 0.4) is 0 Å². The summed E-state index contributed by atoms with van der Waals surface area (Å²) >= 11 is 0. The second-order valence-electron chi connectivity index (χ2n) is 4.42. The number of methoxy groups -OCH3 is 1. The first kappa shape index (κ1) is 12.9. The van der Waals surface area contributed by atoms with Gasteiger partial charge in [-0.3, -0.25) is 4.79 Å². The molecule has 2 rings (SSSR count). The zero-order valence-corrected chi connectivity index (χ0v) is 10.9. The van der Waals surface area contributed by atoms with Crippen LogP contribution >= 0.6 is 0 Å². The highest BCUT2D eigenvalue weighted by atomic mass is 16.5. The summed E-state index contributed by atoms with van der Waals surface area (Å²) in [6, 6.07) is 6.42. The van der Waals surface area contributed by atoms with Crippen molar-refractivity contribution >= 4 is 5.97 Å². The average molecular weight is 249 g/mol. The summed E-state index contributed by atoms with van der Waals surface area (Å²) < 4.78 is 10.2. The molecule has 0 saturated carbocycles. The Kier molecular flexibility index (Phi) is 4.20. The van der Waals surface area contributed by atoms with E-state index >= 15 is 0 Å². The van der Waals surface area contributed by atoms with E-state index in [-0.39, 0.29) is 12.0 Å². The first-order chi connectivity index (χ1) is 8.74. The summed E-state index contributed by atoms with van der Waals surface area (Å²) in [4.78, 5) is 11.2. The van der Waals surface area contributed by atoms with Crippen LogP contribution in [0, 0.1) is 0 Å². The maximum absolute atomic E-state index is 11.2. The summed E-state index contributed by atoms with van der Waals surface area (Å²) in [5, 5.41) is 3.24. The molecule has 0 aliphatic carbocycles. The van der Waals surface area contributed by atoms with Crippen LogP contribution in [0.2, 0.25) is 0 Å². The number of carbonyl (C=O) groups is 1. The standard InChI is InChI=1S/C14H19NO3/c1-15-12(4-6-14(16)17-2)10-3-5-13-11(9-10)7-8-18-13/h3,5,9,12,15H,4,6-8H2,1-2H3. The minimum Gasteiger partial charge on any atom is -0.493 e. The minimum atomic E-state index is -0.167. The van der Waals surface area contributed by atoms with Gasteiger partial charge in [0.2, 0.25) is 0 Å². The number of ether oxygens (including phenoxy) is 2. The van der Waals surface area contributed by atoms with E-state index in [0.717, 1.165) is 25.2 Å². The van der Waals surface area contributed by atoms with Gasteiger partial charge in [0.15, 0.2) is 0 Å². The highest BCUT2D eigenvalue weighted by Crippen LogP contribution is 2.29. The van der Waals surface area contributed by atoms with Crippen LogP contribution in [0.4, 0.5) is 0 Å². The number of esters is 1. The van der Waals surface area contributed by atoms with Crippen molar-refractivity contribution in [3.05, 3.63) is 29.3 Å². The van der Waals surface area contributed by atoms with Crippen LogP contribution in [-0.2, 0) is 16.0 Å². The molecular formula is C14H19NO3. The number of benzene rings is 1. The van der Waals surface area contributed by atoms with E-state index in [9.17, 15) is 4.79 Å². The van der Waals surface area contributed by atoms with Crippen molar-refractivity contribution in [2.45, 2.75) is 25.3 Å². The zero-order chi connectivity index (χ0) is 13.0. The van der Waals surface area contributed by atoms with Gasteiger partial charge in [-0.1, -0.05) is 12.1 Å². The Morgan fingerprint density at radius 1 is 1.56 bits per heavy atom. The summed E-state index contributed by atoms with van der Waals surface area (Å²) in [5.74, 6) is 0.821. The Balaban J connectivity index is 2.05. The van der Waals surface area contributed by atoms with Crippen molar-refractivity contribution in [3.8, 4) is 5.75 Å². The van der Waals surface area contributed by atoms with Crippen molar-refractivity contribution < 1.29 is 14.3 Å². The molecule has 1 aromatic rings. The van der Waals surface area contributed by atoms with Gasteiger partial charge in [0, 0.05) is 18.9 Å². The third-order valence-electron chi connectivity index (χ3n) is 3.33. The van der Waals surface area contributed by atoms with Gasteiger partial charge in [-0.05, 0) is 30.7 Å². The number of rotatable bonds is 5. The smallest absolute Gasteiger partial charge is 0.305 e. The van der Waals surface area contributed by atoms with Gasteiger partial charge in [-0.25, -0.2) is 0 Å². The van der Waals surface area contributed by atoms with E-state index in [1.165, 1.54) is 18.2 Å². The van der Waals surface area contributed by atoms with Crippen LogP contribution in [0.15, 0.2) is 18.2 Å². The fourth-order valence-corrected chi connectivity index (χ4v) is 2.27. The second kappa shape index (κ2) is 5.87. The van der Waals surface area contributed by atoms with Gasteiger partial charge < -0.3 is 14.8 Å². The van der Waals surface area contributed by atoms with Crippen molar-refractivity contribution in [3.63, 3.8) is 0 Å². The molecule has 0 radical (unpaired) electrons. The Bertz CT molecular complexity index is 431. The normalized spacial score (nSPS) is 14.8. The minimum absolute atomic E-state index is 0.167. The summed E-state index contributed by atoms with van der Waals surface area (Å²) in [6.07, 6.45) is 2.13. The first-order valence-corrected chi connectivity index (χ1v) is 6.24. The fourth-order valence-electron chi connectivity index (χ4n) is 2.27. The lowest BCUT2D eigenvalue weighted by Crippen LogP contribution is -2.18. The molecule has 0 fully saturated rings. The number of carbonyl (C=O) groups excluding carboxylic acids is 1. The van der Waals surface area contributed by atoms with Crippen LogP contribution in [0.25, 0.3) is 0 Å². The van der Waals surface area contributed by atoms with Crippen molar-refractivity contribution in [1.29, 1.82) is 0 Å². The second-order valence-corrected chi connectivity index (χ2v) is 4.42. The van der Waals surface area contributed by atoms with Gasteiger partial charge >= 0.3 is 5.97 Å². The van der Waals surface area contributed by atoms with Gasteiger partial charge in [0.05, 0.1) is 13.7 Å². The van der Waals surface area contributed by atoms with Crippen LogP contribution in [-0.4, -0.2) is 26.7 Å². The SMILES string of the molecule is CNC(CCC(=O)OC)c1ccc2c(c1)CCO2. The molecule has 0 aromatic heterocycles. The van der Waals surface area contributed by atoms with Gasteiger partial charge in [-0.15, -0.1) is 0 Å². The zero-order valence-electron chi connectivity index (χ0n) is 10.9. The van der Waals surface area contributed by atoms with E-state index in [4.69, 9.17) is 4.74 Å². The Hall–Kier alpha value is -1.55. The van der Waals surface area contributed by atoms with E-state index in [1.807, 2.05) is 13.1 Å². The number of hydrogen-bond acceptors (Lipinski definition) is 4. The molecule has 1 aliphatic rings. The maximum Gasteiger partial charge on any atom is 0.305 e. The molecule has 0 bridgehead atoms. The fraction of sp³-hybridized carbons (Fsp3) is 0.500. The van der Waals surface area contributed by atoms with Crippen molar-refractivity contribution in [1.82, 2.24) is 5.32 Å². The van der Waals surface area contributed by atoms with E-state index in [2.05, 4.69) is 22.2 Å². The Morgan fingerprint density at radius 2 is 2.39 bits per heavy atom. The van der Waals surface area contributed by atoms with E-state index in [1.54, 1.807) is 0 Å². The van der Waals surface area contributed by atoms with Crippen LogP contribution < -0.4 is 10.1 Å². The lowest BCUT2D eigenvalue weighted by Gasteiger charge is -2.16. The van der Waals surface area contributed by atoms with Crippen LogP contribution in [0.1, 0.15) is 30.0 Å². The topological polar surface area (TPSA) is 47.6 Å². The molecule has 4 heteroatoms.